The van der Waals surface area contributed by atoms with Crippen molar-refractivity contribution in [2.45, 2.75) is 27.7 Å². The Balaban J connectivity index is 4.22. The minimum absolute atomic E-state index is 0.856. The highest BCUT2D eigenvalue weighted by Gasteiger charge is 1.83. The highest BCUT2D eigenvalue weighted by atomic mass is 14.7. The number of allylic oxidation sites excluding steroid dienone is 3. The molecule has 0 aliphatic rings. The molecule has 1 heteroatoms. The van der Waals surface area contributed by atoms with Crippen LogP contribution in [0.25, 0.3) is 0 Å². The van der Waals surface area contributed by atoms with Crippen LogP contribution in [0.4, 0.5) is 0 Å². The van der Waals surface area contributed by atoms with Gasteiger partial charge in [-0.05, 0) is 33.8 Å². The van der Waals surface area contributed by atoms with Gasteiger partial charge in [0.1, 0.15) is 0 Å². The molecule has 10 heavy (non-hydrogen) atoms. The van der Waals surface area contributed by atoms with Gasteiger partial charge in [0.25, 0.3) is 0 Å². The van der Waals surface area contributed by atoms with Crippen LogP contribution in [0.5, 0.6) is 0 Å². The maximum absolute atomic E-state index is 4.16. The number of nitrogens with zero attached hydrogens (tertiary/aromatic N) is 1. The van der Waals surface area contributed by atoms with Crippen LogP contribution in [0.2, 0.25) is 0 Å². The van der Waals surface area contributed by atoms with E-state index in [1.165, 1.54) is 5.57 Å². The molecule has 0 saturated carbocycles. The van der Waals surface area contributed by atoms with Crippen LogP contribution in [0.3, 0.4) is 0 Å². The molecule has 0 atom stereocenters. The van der Waals surface area contributed by atoms with Crippen molar-refractivity contribution in [2.24, 2.45) is 4.99 Å². The topological polar surface area (TPSA) is 12.4 Å². The monoisotopic (exact) mass is 137 g/mol. The molecule has 0 amide bonds. The molecule has 0 saturated heterocycles. The van der Waals surface area contributed by atoms with E-state index in [2.05, 4.69) is 25.4 Å². The SMILES string of the molecule is C=C(C)N=C(C)C=C(C)C. The molecule has 0 N–H and O–H groups in total. The van der Waals surface area contributed by atoms with Gasteiger partial charge in [-0.15, -0.1) is 0 Å². The summed E-state index contributed by atoms with van der Waals surface area (Å²) in [7, 11) is 0. The highest BCUT2D eigenvalue weighted by Crippen LogP contribution is 1.95. The maximum atomic E-state index is 4.16. The Kier molecular flexibility index (Phi) is 3.70. The van der Waals surface area contributed by atoms with Gasteiger partial charge < -0.3 is 0 Å². The zero-order valence-corrected chi connectivity index (χ0v) is 7.23. The molecular weight excluding hydrogens is 122 g/mol. The Hall–Kier alpha value is -0.850. The minimum atomic E-state index is 0.856. The lowest BCUT2D eigenvalue weighted by molar-refractivity contribution is 1.31. The molecule has 0 bridgehead atoms. The molecule has 0 spiro atoms. The van der Waals surface area contributed by atoms with Crippen molar-refractivity contribution >= 4 is 5.71 Å². The maximum Gasteiger partial charge on any atom is 0.0374 e. The normalized spacial score (nSPS) is 11.0. The standard InChI is InChI=1S/C9H15N/c1-7(2)6-9(5)10-8(3)4/h6H,3H2,1-2,4-5H3. The average Bonchev–Trinajstić information content (AvgIpc) is 1.58. The number of hydrogen-bond acceptors (Lipinski definition) is 1. The number of rotatable bonds is 2. The summed E-state index contributed by atoms with van der Waals surface area (Å²) >= 11 is 0. The van der Waals surface area contributed by atoms with Gasteiger partial charge in [-0.2, -0.15) is 0 Å². The van der Waals surface area contributed by atoms with Crippen molar-refractivity contribution in [1.29, 1.82) is 0 Å². The molecule has 0 aromatic heterocycles. The fourth-order valence-electron chi connectivity index (χ4n) is 0.751. The molecule has 0 radical (unpaired) electrons. The first-order valence-corrected chi connectivity index (χ1v) is 3.38. The Bertz CT molecular complexity index is 181. The second-order valence-electron chi connectivity index (χ2n) is 2.71. The average molecular weight is 137 g/mol. The first-order chi connectivity index (χ1) is 4.52. The van der Waals surface area contributed by atoms with E-state index in [9.17, 15) is 0 Å². The van der Waals surface area contributed by atoms with Gasteiger partial charge in [0.15, 0.2) is 0 Å². The van der Waals surface area contributed by atoms with Crippen molar-refractivity contribution < 1.29 is 0 Å². The third-order valence-corrected chi connectivity index (χ3v) is 0.865. The molecule has 0 unspecified atom stereocenters. The van der Waals surface area contributed by atoms with E-state index in [0.29, 0.717) is 0 Å². The summed E-state index contributed by atoms with van der Waals surface area (Å²) in [5.41, 5.74) is 3.14. The second kappa shape index (κ2) is 4.04. The Morgan fingerprint density at radius 3 is 2.00 bits per heavy atom. The van der Waals surface area contributed by atoms with Gasteiger partial charge in [0.05, 0.1) is 0 Å². The fourth-order valence-corrected chi connectivity index (χ4v) is 0.751. The quantitative estimate of drug-likeness (QED) is 0.519. The van der Waals surface area contributed by atoms with E-state index >= 15 is 0 Å². The largest absolute Gasteiger partial charge is 0.259 e. The van der Waals surface area contributed by atoms with E-state index in [1.54, 1.807) is 0 Å². The van der Waals surface area contributed by atoms with E-state index in [-0.39, 0.29) is 0 Å². The van der Waals surface area contributed by atoms with Gasteiger partial charge in [-0.3, -0.25) is 4.99 Å². The molecular formula is C9H15N. The number of aliphatic imine (C=N–C) groups is 1. The Labute approximate surface area is 63.2 Å². The highest BCUT2D eigenvalue weighted by molar-refractivity contribution is 5.93. The molecule has 0 aromatic rings. The van der Waals surface area contributed by atoms with Crippen LogP contribution in [0.1, 0.15) is 27.7 Å². The van der Waals surface area contributed by atoms with Crippen LogP contribution >= 0.6 is 0 Å². The van der Waals surface area contributed by atoms with Crippen molar-refractivity contribution in [2.75, 3.05) is 0 Å². The van der Waals surface area contributed by atoms with Crippen molar-refractivity contribution in [3.8, 4) is 0 Å². The first kappa shape index (κ1) is 9.15. The first-order valence-electron chi connectivity index (χ1n) is 3.38. The molecule has 56 valence electrons. The van der Waals surface area contributed by atoms with Gasteiger partial charge in [0.2, 0.25) is 0 Å². The van der Waals surface area contributed by atoms with Crippen LogP contribution in [-0.4, -0.2) is 5.71 Å². The lowest BCUT2D eigenvalue weighted by Crippen LogP contribution is -1.85. The Morgan fingerprint density at radius 1 is 1.20 bits per heavy atom. The van der Waals surface area contributed by atoms with Gasteiger partial charge in [-0.1, -0.05) is 12.2 Å². The second-order valence-corrected chi connectivity index (χ2v) is 2.71. The summed E-state index contributed by atoms with van der Waals surface area (Å²) in [6.07, 6.45) is 2.04. The van der Waals surface area contributed by atoms with Gasteiger partial charge in [-0.25, -0.2) is 0 Å². The summed E-state index contributed by atoms with van der Waals surface area (Å²) in [5, 5.41) is 0. The Morgan fingerprint density at radius 2 is 1.70 bits per heavy atom. The molecule has 0 fully saturated rings. The van der Waals surface area contributed by atoms with E-state index in [0.717, 1.165) is 11.4 Å². The summed E-state index contributed by atoms with van der Waals surface area (Å²) < 4.78 is 0. The summed E-state index contributed by atoms with van der Waals surface area (Å²) in [5.74, 6) is 0. The summed E-state index contributed by atoms with van der Waals surface area (Å²) in [6.45, 7) is 11.7. The third kappa shape index (κ3) is 5.29. The van der Waals surface area contributed by atoms with Crippen molar-refractivity contribution in [1.82, 2.24) is 0 Å². The molecule has 0 aliphatic carbocycles. The van der Waals surface area contributed by atoms with Crippen LogP contribution in [-0.2, 0) is 0 Å². The molecule has 0 aliphatic heterocycles. The van der Waals surface area contributed by atoms with Crippen LogP contribution in [0, 0.1) is 0 Å². The molecule has 1 nitrogen and oxygen atoms in total. The van der Waals surface area contributed by atoms with Crippen molar-refractivity contribution in [3.63, 3.8) is 0 Å². The lowest BCUT2D eigenvalue weighted by atomic mass is 10.2. The third-order valence-electron chi connectivity index (χ3n) is 0.865. The van der Waals surface area contributed by atoms with Gasteiger partial charge >= 0.3 is 0 Å². The number of hydrogen-bond donors (Lipinski definition) is 0. The van der Waals surface area contributed by atoms with Crippen molar-refractivity contribution in [3.05, 3.63) is 23.9 Å². The van der Waals surface area contributed by atoms with E-state index in [1.807, 2.05) is 19.9 Å². The van der Waals surface area contributed by atoms with Gasteiger partial charge in [0, 0.05) is 11.4 Å². The molecule has 0 heterocycles. The zero-order valence-electron chi connectivity index (χ0n) is 7.23. The minimum Gasteiger partial charge on any atom is -0.259 e. The molecule has 0 rings (SSSR count). The predicted octanol–water partition coefficient (Wildman–Crippen LogP) is 2.95. The predicted molar refractivity (Wildman–Crippen MR) is 47.4 cm³/mol. The fraction of sp³-hybridized carbons (Fsp3) is 0.444. The zero-order chi connectivity index (χ0) is 8.15. The van der Waals surface area contributed by atoms with Crippen LogP contribution < -0.4 is 0 Å². The smallest absolute Gasteiger partial charge is 0.0374 e. The van der Waals surface area contributed by atoms with E-state index < -0.39 is 0 Å². The summed E-state index contributed by atoms with van der Waals surface area (Å²) in [4.78, 5) is 4.16. The summed E-state index contributed by atoms with van der Waals surface area (Å²) in [6, 6.07) is 0. The van der Waals surface area contributed by atoms with E-state index in [4.69, 9.17) is 0 Å². The molecule has 0 aromatic carbocycles. The lowest BCUT2D eigenvalue weighted by Gasteiger charge is -1.92. The van der Waals surface area contributed by atoms with Crippen LogP contribution in [0.15, 0.2) is 28.9 Å².